The first-order chi connectivity index (χ1) is 4.35. The van der Waals surface area contributed by atoms with Gasteiger partial charge in [-0.3, -0.25) is 0 Å². The molecule has 1 unspecified atom stereocenters. The van der Waals surface area contributed by atoms with Gasteiger partial charge in [0.15, 0.2) is 0 Å². The minimum atomic E-state index is 0.505. The van der Waals surface area contributed by atoms with E-state index in [1.165, 1.54) is 19.3 Å². The topological polar surface area (TPSA) is 9.23 Å². The highest BCUT2D eigenvalue weighted by molar-refractivity contribution is 5.98. The van der Waals surface area contributed by atoms with Crippen LogP contribution in [-0.4, -0.2) is 14.2 Å². The fourth-order valence-corrected chi connectivity index (χ4v) is 0.920. The van der Waals surface area contributed by atoms with Gasteiger partial charge in [0.25, 0.3) is 8.05 Å². The van der Waals surface area contributed by atoms with Gasteiger partial charge in [-0.25, -0.2) is 0 Å². The Bertz CT molecular complexity index is 52.9. The van der Waals surface area contributed by atoms with Crippen LogP contribution in [0.5, 0.6) is 0 Å². The Morgan fingerprint density at radius 2 is 2.11 bits per heavy atom. The zero-order valence-electron chi connectivity index (χ0n) is 6.81. The van der Waals surface area contributed by atoms with Gasteiger partial charge in [0, 0.05) is 6.10 Å². The summed E-state index contributed by atoms with van der Waals surface area (Å²) >= 11 is 0. The maximum absolute atomic E-state index is 5.20. The summed E-state index contributed by atoms with van der Waals surface area (Å²) in [5.41, 5.74) is 0. The third-order valence-corrected chi connectivity index (χ3v) is 1.67. The van der Waals surface area contributed by atoms with Crippen LogP contribution in [0.4, 0.5) is 0 Å². The second-order valence-corrected chi connectivity index (χ2v) is 2.41. The zero-order chi connectivity index (χ0) is 7.11. The number of unbranched alkanes of at least 4 members (excludes halogenated alkanes) is 1. The molecule has 0 aliphatic heterocycles. The predicted molar refractivity (Wildman–Crippen MR) is 43.2 cm³/mol. The highest BCUT2D eigenvalue weighted by Crippen LogP contribution is 2.05. The van der Waals surface area contributed by atoms with Crippen molar-refractivity contribution in [1.29, 1.82) is 0 Å². The van der Waals surface area contributed by atoms with Crippen molar-refractivity contribution in [3.8, 4) is 0 Å². The fraction of sp³-hybridized carbons (Fsp3) is 1.00. The van der Waals surface area contributed by atoms with Crippen LogP contribution in [0.1, 0.15) is 39.5 Å². The smallest absolute Gasteiger partial charge is 0.257 e. The maximum Gasteiger partial charge on any atom is 0.257 e. The fourth-order valence-electron chi connectivity index (χ4n) is 0.920. The molecule has 0 bridgehead atoms. The average molecular weight is 128 g/mol. The van der Waals surface area contributed by atoms with Gasteiger partial charge < -0.3 is 4.65 Å². The minimum absolute atomic E-state index is 0.505. The lowest BCUT2D eigenvalue weighted by atomic mass is 10.1. The SMILES string of the molecule is BOC(CC)CCCC. The third kappa shape index (κ3) is 4.52. The Labute approximate surface area is 59.2 Å². The van der Waals surface area contributed by atoms with E-state index in [0.717, 1.165) is 6.42 Å². The summed E-state index contributed by atoms with van der Waals surface area (Å²) in [7, 11) is 1.80. The Kier molecular flexibility index (Phi) is 6.17. The van der Waals surface area contributed by atoms with Crippen LogP contribution in [0.25, 0.3) is 0 Å². The summed E-state index contributed by atoms with van der Waals surface area (Å²) in [4.78, 5) is 0. The molecule has 0 aromatic heterocycles. The molecule has 1 nitrogen and oxygen atoms in total. The summed E-state index contributed by atoms with van der Waals surface area (Å²) in [6.07, 6.45) is 5.46. The van der Waals surface area contributed by atoms with Crippen molar-refractivity contribution in [1.82, 2.24) is 0 Å². The van der Waals surface area contributed by atoms with Crippen LogP contribution in [-0.2, 0) is 4.65 Å². The standard InChI is InChI=1S/C7H17BO/c1-3-5-6-7(4-2)9-8/h7H,3-6,8H2,1-2H3. The molecule has 1 atom stereocenters. The molecule has 0 amide bonds. The Balaban J connectivity index is 3.09. The van der Waals surface area contributed by atoms with E-state index in [1.54, 1.807) is 8.05 Å². The molecule has 2 heteroatoms. The van der Waals surface area contributed by atoms with Crippen molar-refractivity contribution in [3.63, 3.8) is 0 Å². The van der Waals surface area contributed by atoms with E-state index < -0.39 is 0 Å². The van der Waals surface area contributed by atoms with E-state index in [-0.39, 0.29) is 0 Å². The summed E-state index contributed by atoms with van der Waals surface area (Å²) in [6, 6.07) is 0. The maximum atomic E-state index is 5.20. The highest BCUT2D eigenvalue weighted by atomic mass is 16.4. The van der Waals surface area contributed by atoms with Crippen LogP contribution in [0.15, 0.2) is 0 Å². The van der Waals surface area contributed by atoms with E-state index in [2.05, 4.69) is 13.8 Å². The first-order valence-corrected chi connectivity index (χ1v) is 3.87. The average Bonchev–Trinajstić information content (AvgIpc) is 1.91. The second-order valence-electron chi connectivity index (χ2n) is 2.41. The summed E-state index contributed by atoms with van der Waals surface area (Å²) in [5.74, 6) is 0. The summed E-state index contributed by atoms with van der Waals surface area (Å²) in [6.45, 7) is 4.38. The van der Waals surface area contributed by atoms with Gasteiger partial charge >= 0.3 is 0 Å². The summed E-state index contributed by atoms with van der Waals surface area (Å²) in [5, 5.41) is 0. The normalized spacial score (nSPS) is 13.6. The number of rotatable bonds is 5. The van der Waals surface area contributed by atoms with Crippen molar-refractivity contribution >= 4 is 8.05 Å². The second kappa shape index (κ2) is 6.15. The molecule has 0 heterocycles. The third-order valence-electron chi connectivity index (χ3n) is 1.67. The molecule has 0 aromatic rings. The molecule has 0 saturated carbocycles. The number of hydrogen-bond donors (Lipinski definition) is 0. The first-order valence-electron chi connectivity index (χ1n) is 3.87. The van der Waals surface area contributed by atoms with Gasteiger partial charge in [0.05, 0.1) is 0 Å². The quantitative estimate of drug-likeness (QED) is 0.510. The summed E-state index contributed by atoms with van der Waals surface area (Å²) < 4.78 is 5.20. The van der Waals surface area contributed by atoms with Crippen LogP contribution in [0, 0.1) is 0 Å². The zero-order valence-corrected chi connectivity index (χ0v) is 6.81. The Morgan fingerprint density at radius 1 is 1.44 bits per heavy atom. The lowest BCUT2D eigenvalue weighted by Gasteiger charge is -2.11. The van der Waals surface area contributed by atoms with Crippen molar-refractivity contribution in [2.45, 2.75) is 45.6 Å². The van der Waals surface area contributed by atoms with E-state index in [9.17, 15) is 0 Å². The predicted octanol–water partition coefficient (Wildman–Crippen LogP) is 1.52. The van der Waals surface area contributed by atoms with Crippen molar-refractivity contribution in [3.05, 3.63) is 0 Å². The molecular weight excluding hydrogens is 111 g/mol. The van der Waals surface area contributed by atoms with E-state index in [0.29, 0.717) is 6.10 Å². The lowest BCUT2D eigenvalue weighted by molar-refractivity contribution is 0.201. The Hall–Kier alpha value is 0.0249. The van der Waals surface area contributed by atoms with Gasteiger partial charge in [0.1, 0.15) is 0 Å². The van der Waals surface area contributed by atoms with Gasteiger partial charge in [-0.2, -0.15) is 0 Å². The molecule has 0 fully saturated rings. The first kappa shape index (κ1) is 9.02. The molecule has 0 radical (unpaired) electrons. The highest BCUT2D eigenvalue weighted by Gasteiger charge is 2.00. The molecule has 0 aliphatic rings. The van der Waals surface area contributed by atoms with Crippen LogP contribution >= 0.6 is 0 Å². The molecule has 9 heavy (non-hydrogen) atoms. The number of hydrogen-bond acceptors (Lipinski definition) is 1. The molecule has 0 spiro atoms. The largest absolute Gasteiger partial charge is 0.441 e. The van der Waals surface area contributed by atoms with Crippen molar-refractivity contribution in [2.24, 2.45) is 0 Å². The molecule has 0 aromatic carbocycles. The van der Waals surface area contributed by atoms with Gasteiger partial charge in [0.2, 0.25) is 0 Å². The van der Waals surface area contributed by atoms with Crippen LogP contribution in [0.2, 0.25) is 0 Å². The van der Waals surface area contributed by atoms with E-state index >= 15 is 0 Å². The van der Waals surface area contributed by atoms with Crippen molar-refractivity contribution in [2.75, 3.05) is 0 Å². The molecule has 0 saturated heterocycles. The molecule has 54 valence electrons. The van der Waals surface area contributed by atoms with Gasteiger partial charge in [-0.15, -0.1) is 0 Å². The lowest BCUT2D eigenvalue weighted by Crippen LogP contribution is -2.08. The van der Waals surface area contributed by atoms with Crippen LogP contribution in [0.3, 0.4) is 0 Å². The molecule has 0 N–H and O–H groups in total. The monoisotopic (exact) mass is 128 g/mol. The van der Waals surface area contributed by atoms with Crippen LogP contribution < -0.4 is 0 Å². The van der Waals surface area contributed by atoms with E-state index in [4.69, 9.17) is 4.65 Å². The van der Waals surface area contributed by atoms with Crippen molar-refractivity contribution < 1.29 is 4.65 Å². The Morgan fingerprint density at radius 3 is 2.44 bits per heavy atom. The van der Waals surface area contributed by atoms with E-state index in [1.807, 2.05) is 0 Å². The van der Waals surface area contributed by atoms with Gasteiger partial charge in [-0.05, 0) is 12.8 Å². The molecule has 0 rings (SSSR count). The minimum Gasteiger partial charge on any atom is -0.441 e. The molecular formula is C7H17BO. The van der Waals surface area contributed by atoms with Gasteiger partial charge in [-0.1, -0.05) is 26.7 Å². The molecule has 0 aliphatic carbocycles.